The number of halogens is 1. The summed E-state index contributed by atoms with van der Waals surface area (Å²) in [6, 6.07) is 15.1. The molecule has 2 atom stereocenters. The largest absolute Gasteiger partial charge is 0.351 e. The zero-order chi connectivity index (χ0) is 19.8. The van der Waals surface area contributed by atoms with Crippen molar-refractivity contribution >= 4 is 11.8 Å². The van der Waals surface area contributed by atoms with Crippen molar-refractivity contribution in [2.45, 2.75) is 45.7 Å². The lowest BCUT2D eigenvalue weighted by Gasteiger charge is -2.26. The molecule has 0 radical (unpaired) electrons. The highest BCUT2D eigenvalue weighted by atomic mass is 19.1. The van der Waals surface area contributed by atoms with E-state index in [1.54, 1.807) is 12.1 Å². The monoisotopic (exact) mass is 370 g/mol. The Hall–Kier alpha value is -2.69. The van der Waals surface area contributed by atoms with Gasteiger partial charge >= 0.3 is 0 Å². The molecule has 0 heterocycles. The molecular formula is C22H27FN2O2. The first-order valence-corrected chi connectivity index (χ1v) is 9.21. The first-order chi connectivity index (χ1) is 12.8. The zero-order valence-corrected chi connectivity index (χ0v) is 16.0. The quantitative estimate of drug-likeness (QED) is 0.749. The molecule has 4 nitrogen and oxygen atoms in total. The smallest absolute Gasteiger partial charge is 0.243 e. The van der Waals surface area contributed by atoms with Gasteiger partial charge in [-0.25, -0.2) is 4.39 Å². The summed E-state index contributed by atoms with van der Waals surface area (Å²) in [7, 11) is 0. The average molecular weight is 370 g/mol. The maximum Gasteiger partial charge on any atom is 0.243 e. The van der Waals surface area contributed by atoms with Crippen LogP contribution in [0.2, 0.25) is 0 Å². The van der Waals surface area contributed by atoms with Gasteiger partial charge in [-0.2, -0.15) is 0 Å². The van der Waals surface area contributed by atoms with Gasteiger partial charge in [-0.1, -0.05) is 56.3 Å². The number of rotatable bonds is 8. The molecule has 27 heavy (non-hydrogen) atoms. The number of nitrogens with one attached hydrogen (secondary N) is 2. The van der Waals surface area contributed by atoms with Crippen LogP contribution < -0.4 is 10.6 Å². The van der Waals surface area contributed by atoms with E-state index in [1.165, 1.54) is 19.1 Å². The molecule has 0 fully saturated rings. The van der Waals surface area contributed by atoms with Gasteiger partial charge < -0.3 is 10.6 Å². The standard InChI is InChI=1S/C22H27FN2O2/c1-15(2)20(13-18-9-11-19(23)12-10-18)25-22(27)21(24-16(3)26)14-17-7-5-4-6-8-17/h4-12,15,20-21H,13-14H2,1-3H3,(H,24,26)(H,25,27)/t20?,21-/m0/s1. The van der Waals surface area contributed by atoms with Crippen LogP contribution in [0, 0.1) is 11.7 Å². The van der Waals surface area contributed by atoms with Gasteiger partial charge in [-0.05, 0) is 35.6 Å². The van der Waals surface area contributed by atoms with E-state index in [4.69, 9.17) is 0 Å². The molecule has 5 heteroatoms. The van der Waals surface area contributed by atoms with Gasteiger partial charge in [0.1, 0.15) is 11.9 Å². The minimum Gasteiger partial charge on any atom is -0.351 e. The van der Waals surface area contributed by atoms with E-state index in [1.807, 2.05) is 44.2 Å². The van der Waals surface area contributed by atoms with Crippen molar-refractivity contribution < 1.29 is 14.0 Å². The number of amides is 2. The first kappa shape index (κ1) is 20.6. The predicted octanol–water partition coefficient (Wildman–Crippen LogP) is 3.26. The van der Waals surface area contributed by atoms with Crippen molar-refractivity contribution in [1.82, 2.24) is 10.6 Å². The van der Waals surface area contributed by atoms with E-state index in [-0.39, 0.29) is 29.6 Å². The fourth-order valence-electron chi connectivity index (χ4n) is 2.92. The first-order valence-electron chi connectivity index (χ1n) is 9.21. The summed E-state index contributed by atoms with van der Waals surface area (Å²) in [4.78, 5) is 24.4. The summed E-state index contributed by atoms with van der Waals surface area (Å²) < 4.78 is 13.1. The van der Waals surface area contributed by atoms with Gasteiger partial charge in [0.2, 0.25) is 11.8 Å². The Balaban J connectivity index is 2.09. The summed E-state index contributed by atoms with van der Waals surface area (Å²) in [5.41, 5.74) is 1.93. The molecule has 2 amide bonds. The third-order valence-electron chi connectivity index (χ3n) is 4.48. The number of carbonyl (C=O) groups excluding carboxylic acids is 2. The molecule has 0 bridgehead atoms. The Morgan fingerprint density at radius 2 is 1.48 bits per heavy atom. The van der Waals surface area contributed by atoms with Gasteiger partial charge in [0.15, 0.2) is 0 Å². The van der Waals surface area contributed by atoms with Crippen molar-refractivity contribution in [3.63, 3.8) is 0 Å². The molecule has 0 aliphatic heterocycles. The second-order valence-corrected chi connectivity index (χ2v) is 7.13. The predicted molar refractivity (Wildman–Crippen MR) is 105 cm³/mol. The molecule has 0 aromatic heterocycles. The Bertz CT molecular complexity index is 745. The molecule has 0 spiro atoms. The average Bonchev–Trinajstić information content (AvgIpc) is 2.62. The normalized spacial score (nSPS) is 13.1. The molecule has 0 aliphatic rings. The van der Waals surface area contributed by atoms with Crippen molar-refractivity contribution in [3.05, 3.63) is 71.5 Å². The van der Waals surface area contributed by atoms with Crippen LogP contribution in [0.1, 0.15) is 31.9 Å². The lowest BCUT2D eigenvalue weighted by molar-refractivity contribution is -0.128. The zero-order valence-electron chi connectivity index (χ0n) is 16.0. The van der Waals surface area contributed by atoms with E-state index in [9.17, 15) is 14.0 Å². The van der Waals surface area contributed by atoms with Crippen LogP contribution in [-0.2, 0) is 22.4 Å². The third-order valence-corrected chi connectivity index (χ3v) is 4.48. The van der Waals surface area contributed by atoms with E-state index in [2.05, 4.69) is 10.6 Å². The Morgan fingerprint density at radius 3 is 2.04 bits per heavy atom. The van der Waals surface area contributed by atoms with Crippen molar-refractivity contribution in [1.29, 1.82) is 0 Å². The summed E-state index contributed by atoms with van der Waals surface area (Å²) >= 11 is 0. The highest BCUT2D eigenvalue weighted by molar-refractivity contribution is 5.87. The summed E-state index contributed by atoms with van der Waals surface area (Å²) in [5, 5.41) is 5.80. The molecule has 2 aromatic rings. The highest BCUT2D eigenvalue weighted by Gasteiger charge is 2.24. The minimum atomic E-state index is -0.639. The Kier molecular flexibility index (Phi) is 7.53. The fraction of sp³-hybridized carbons (Fsp3) is 0.364. The maximum absolute atomic E-state index is 13.1. The number of hydrogen-bond acceptors (Lipinski definition) is 2. The van der Waals surface area contributed by atoms with Crippen LogP contribution in [-0.4, -0.2) is 23.9 Å². The molecular weight excluding hydrogens is 343 g/mol. The molecule has 0 saturated carbocycles. The van der Waals surface area contributed by atoms with Crippen LogP contribution in [0.25, 0.3) is 0 Å². The summed E-state index contributed by atoms with van der Waals surface area (Å²) in [6.07, 6.45) is 1.02. The van der Waals surface area contributed by atoms with E-state index < -0.39 is 6.04 Å². The van der Waals surface area contributed by atoms with Gasteiger partial charge in [-0.15, -0.1) is 0 Å². The minimum absolute atomic E-state index is 0.116. The van der Waals surface area contributed by atoms with Gasteiger partial charge in [0.05, 0.1) is 0 Å². The molecule has 144 valence electrons. The Labute approximate surface area is 160 Å². The highest BCUT2D eigenvalue weighted by Crippen LogP contribution is 2.12. The van der Waals surface area contributed by atoms with Gasteiger partial charge in [0, 0.05) is 19.4 Å². The maximum atomic E-state index is 13.1. The van der Waals surface area contributed by atoms with E-state index in [0.29, 0.717) is 12.8 Å². The second-order valence-electron chi connectivity index (χ2n) is 7.13. The third kappa shape index (κ3) is 6.85. The summed E-state index contributed by atoms with van der Waals surface area (Å²) in [6.45, 7) is 5.46. The fourth-order valence-corrected chi connectivity index (χ4v) is 2.92. The van der Waals surface area contributed by atoms with Crippen LogP contribution in [0.15, 0.2) is 54.6 Å². The van der Waals surface area contributed by atoms with E-state index in [0.717, 1.165) is 11.1 Å². The van der Waals surface area contributed by atoms with E-state index >= 15 is 0 Å². The molecule has 0 saturated heterocycles. The van der Waals surface area contributed by atoms with Crippen molar-refractivity contribution in [2.24, 2.45) is 5.92 Å². The summed E-state index contributed by atoms with van der Waals surface area (Å²) in [5.74, 6) is -0.549. The number of hydrogen-bond donors (Lipinski definition) is 2. The molecule has 2 rings (SSSR count). The lowest BCUT2D eigenvalue weighted by atomic mass is 9.95. The van der Waals surface area contributed by atoms with Crippen LogP contribution in [0.3, 0.4) is 0 Å². The van der Waals surface area contributed by atoms with Crippen molar-refractivity contribution in [2.75, 3.05) is 0 Å². The van der Waals surface area contributed by atoms with Crippen LogP contribution in [0.5, 0.6) is 0 Å². The number of benzene rings is 2. The molecule has 1 unspecified atom stereocenters. The molecule has 2 N–H and O–H groups in total. The number of carbonyl (C=O) groups is 2. The lowest BCUT2D eigenvalue weighted by Crippen LogP contribution is -2.51. The van der Waals surface area contributed by atoms with Gasteiger partial charge in [-0.3, -0.25) is 9.59 Å². The van der Waals surface area contributed by atoms with Crippen LogP contribution >= 0.6 is 0 Å². The molecule has 0 aliphatic carbocycles. The topological polar surface area (TPSA) is 58.2 Å². The van der Waals surface area contributed by atoms with Gasteiger partial charge in [0.25, 0.3) is 0 Å². The Morgan fingerprint density at radius 1 is 0.889 bits per heavy atom. The van der Waals surface area contributed by atoms with Crippen molar-refractivity contribution in [3.8, 4) is 0 Å². The SMILES string of the molecule is CC(=O)N[C@@H](Cc1ccccc1)C(=O)NC(Cc1ccc(F)cc1)C(C)C. The van der Waals surface area contributed by atoms with Crippen LogP contribution in [0.4, 0.5) is 4.39 Å². The second kappa shape index (κ2) is 9.86. The molecule has 2 aromatic carbocycles.